The lowest BCUT2D eigenvalue weighted by molar-refractivity contribution is 0.256. The zero-order chi connectivity index (χ0) is 12.8. The van der Waals surface area contributed by atoms with Crippen LogP contribution in [0.25, 0.3) is 0 Å². The molecule has 2 atom stereocenters. The molecule has 1 aromatic rings. The fraction of sp³-hybridized carbons (Fsp3) is 0.692. The van der Waals surface area contributed by atoms with Crippen molar-refractivity contribution in [3.63, 3.8) is 0 Å². The van der Waals surface area contributed by atoms with Gasteiger partial charge < -0.3 is 16.2 Å². The SMILES string of the molecule is CCC(CCO)NC(CN)c1cc(C)sc1C. The van der Waals surface area contributed by atoms with Crippen LogP contribution in [0.1, 0.15) is 41.1 Å². The van der Waals surface area contributed by atoms with Gasteiger partial charge in [0.15, 0.2) is 0 Å². The monoisotopic (exact) mass is 256 g/mol. The van der Waals surface area contributed by atoms with E-state index in [-0.39, 0.29) is 12.6 Å². The molecule has 4 heteroatoms. The predicted octanol–water partition coefficient (Wildman–Crippen LogP) is 2.12. The Balaban J connectivity index is 2.74. The van der Waals surface area contributed by atoms with Crippen LogP contribution in [0.5, 0.6) is 0 Å². The number of hydrogen-bond acceptors (Lipinski definition) is 4. The van der Waals surface area contributed by atoms with Gasteiger partial charge in [-0.25, -0.2) is 0 Å². The Morgan fingerprint density at radius 2 is 2.18 bits per heavy atom. The highest BCUT2D eigenvalue weighted by Crippen LogP contribution is 2.26. The second-order valence-corrected chi connectivity index (χ2v) is 5.90. The minimum atomic E-state index is 0.205. The molecule has 1 heterocycles. The molecule has 0 aromatic carbocycles. The molecule has 0 aliphatic rings. The average molecular weight is 256 g/mol. The predicted molar refractivity (Wildman–Crippen MR) is 74.5 cm³/mol. The van der Waals surface area contributed by atoms with Crippen molar-refractivity contribution in [2.24, 2.45) is 5.73 Å². The minimum absolute atomic E-state index is 0.205. The van der Waals surface area contributed by atoms with Gasteiger partial charge in [0.1, 0.15) is 0 Å². The lowest BCUT2D eigenvalue weighted by Gasteiger charge is -2.24. The molecular weight excluding hydrogens is 232 g/mol. The van der Waals surface area contributed by atoms with Crippen molar-refractivity contribution < 1.29 is 5.11 Å². The highest BCUT2D eigenvalue weighted by Gasteiger charge is 2.17. The van der Waals surface area contributed by atoms with E-state index in [9.17, 15) is 0 Å². The summed E-state index contributed by atoms with van der Waals surface area (Å²) in [6.07, 6.45) is 1.80. The van der Waals surface area contributed by atoms with Gasteiger partial charge in [-0.05, 0) is 38.3 Å². The Hall–Kier alpha value is -0.420. The van der Waals surface area contributed by atoms with Gasteiger partial charge >= 0.3 is 0 Å². The summed E-state index contributed by atoms with van der Waals surface area (Å²) in [5.41, 5.74) is 7.17. The molecular formula is C13H24N2OS. The van der Waals surface area contributed by atoms with Gasteiger partial charge in [-0.1, -0.05) is 6.92 Å². The zero-order valence-electron chi connectivity index (χ0n) is 11.0. The fourth-order valence-electron chi connectivity index (χ4n) is 2.13. The van der Waals surface area contributed by atoms with Crippen LogP contribution in [0.2, 0.25) is 0 Å². The smallest absolute Gasteiger partial charge is 0.0457 e. The Kier molecular flexibility index (Phi) is 6.12. The summed E-state index contributed by atoms with van der Waals surface area (Å²) >= 11 is 1.82. The number of aliphatic hydroxyl groups excluding tert-OH is 1. The van der Waals surface area contributed by atoms with Crippen LogP contribution >= 0.6 is 11.3 Å². The fourth-order valence-corrected chi connectivity index (χ4v) is 3.11. The van der Waals surface area contributed by atoms with Crippen molar-refractivity contribution in [1.29, 1.82) is 0 Å². The first kappa shape index (κ1) is 14.6. The number of nitrogens with one attached hydrogen (secondary N) is 1. The second kappa shape index (κ2) is 7.11. The van der Waals surface area contributed by atoms with E-state index in [1.54, 1.807) is 0 Å². The Labute approximate surface area is 108 Å². The quantitative estimate of drug-likeness (QED) is 0.700. The third-order valence-electron chi connectivity index (χ3n) is 3.10. The third-order valence-corrected chi connectivity index (χ3v) is 4.08. The number of hydrogen-bond donors (Lipinski definition) is 3. The number of nitrogens with two attached hydrogens (primary N) is 1. The van der Waals surface area contributed by atoms with Crippen molar-refractivity contribution in [1.82, 2.24) is 5.32 Å². The summed E-state index contributed by atoms with van der Waals surface area (Å²) < 4.78 is 0. The van der Waals surface area contributed by atoms with Crippen molar-refractivity contribution in [3.8, 4) is 0 Å². The first-order valence-corrected chi connectivity index (χ1v) is 7.07. The van der Waals surface area contributed by atoms with Crippen LogP contribution in [-0.4, -0.2) is 24.3 Å². The van der Waals surface area contributed by atoms with E-state index >= 15 is 0 Å². The van der Waals surface area contributed by atoms with Crippen LogP contribution < -0.4 is 11.1 Å². The molecule has 0 spiro atoms. The van der Waals surface area contributed by atoms with Crippen LogP contribution in [0, 0.1) is 13.8 Å². The molecule has 1 rings (SSSR count). The van der Waals surface area contributed by atoms with E-state index in [0.717, 1.165) is 12.8 Å². The van der Waals surface area contributed by atoms with E-state index in [1.807, 2.05) is 11.3 Å². The molecule has 0 amide bonds. The van der Waals surface area contributed by atoms with Crippen molar-refractivity contribution >= 4 is 11.3 Å². The van der Waals surface area contributed by atoms with Gasteiger partial charge in [0.05, 0.1) is 0 Å². The molecule has 0 saturated carbocycles. The Bertz CT molecular complexity index is 338. The molecule has 3 nitrogen and oxygen atoms in total. The maximum absolute atomic E-state index is 9.01. The van der Waals surface area contributed by atoms with E-state index in [2.05, 4.69) is 32.2 Å². The maximum atomic E-state index is 9.01. The molecule has 0 radical (unpaired) electrons. The molecule has 4 N–H and O–H groups in total. The van der Waals surface area contributed by atoms with Gasteiger partial charge in [-0.2, -0.15) is 0 Å². The van der Waals surface area contributed by atoms with Crippen molar-refractivity contribution in [2.45, 2.75) is 45.7 Å². The molecule has 98 valence electrons. The Morgan fingerprint density at radius 3 is 2.59 bits per heavy atom. The summed E-state index contributed by atoms with van der Waals surface area (Å²) in [6, 6.07) is 2.76. The Morgan fingerprint density at radius 1 is 1.47 bits per heavy atom. The number of thiophene rings is 1. The lowest BCUT2D eigenvalue weighted by atomic mass is 10.0. The number of aryl methyl sites for hydroxylation is 2. The number of aliphatic hydroxyl groups is 1. The topological polar surface area (TPSA) is 58.3 Å². The van der Waals surface area contributed by atoms with E-state index < -0.39 is 0 Å². The molecule has 1 aromatic heterocycles. The summed E-state index contributed by atoms with van der Waals surface area (Å²) in [6.45, 7) is 7.22. The standard InChI is InChI=1S/C13H24N2OS/c1-4-11(5-6-16)15-13(8-14)12-7-9(2)17-10(12)3/h7,11,13,15-16H,4-6,8,14H2,1-3H3. The zero-order valence-corrected chi connectivity index (χ0v) is 11.8. The molecule has 0 aliphatic heterocycles. The first-order chi connectivity index (χ1) is 8.12. The van der Waals surface area contributed by atoms with Crippen LogP contribution in [0.3, 0.4) is 0 Å². The minimum Gasteiger partial charge on any atom is -0.396 e. The van der Waals surface area contributed by atoms with Gasteiger partial charge in [-0.3, -0.25) is 0 Å². The van der Waals surface area contributed by atoms with E-state index in [1.165, 1.54) is 15.3 Å². The molecule has 0 bridgehead atoms. The van der Waals surface area contributed by atoms with Crippen LogP contribution in [-0.2, 0) is 0 Å². The molecule has 2 unspecified atom stereocenters. The summed E-state index contributed by atoms with van der Waals surface area (Å²) in [7, 11) is 0. The largest absolute Gasteiger partial charge is 0.396 e. The molecule has 0 fully saturated rings. The lowest BCUT2D eigenvalue weighted by Crippen LogP contribution is -2.37. The van der Waals surface area contributed by atoms with Crippen molar-refractivity contribution in [2.75, 3.05) is 13.2 Å². The van der Waals surface area contributed by atoms with Crippen LogP contribution in [0.15, 0.2) is 6.07 Å². The molecule has 0 saturated heterocycles. The summed E-state index contributed by atoms with van der Waals surface area (Å²) in [5, 5.41) is 12.6. The highest BCUT2D eigenvalue weighted by molar-refractivity contribution is 7.12. The summed E-state index contributed by atoms with van der Waals surface area (Å²) in [4.78, 5) is 2.66. The van der Waals surface area contributed by atoms with E-state index in [0.29, 0.717) is 12.6 Å². The van der Waals surface area contributed by atoms with Crippen LogP contribution in [0.4, 0.5) is 0 Å². The normalized spacial score (nSPS) is 14.9. The summed E-state index contributed by atoms with van der Waals surface area (Å²) in [5.74, 6) is 0. The van der Waals surface area contributed by atoms with Gasteiger partial charge in [0.2, 0.25) is 0 Å². The highest BCUT2D eigenvalue weighted by atomic mass is 32.1. The third kappa shape index (κ3) is 4.07. The second-order valence-electron chi connectivity index (χ2n) is 4.44. The molecule has 0 aliphatic carbocycles. The van der Waals surface area contributed by atoms with Gasteiger partial charge in [0.25, 0.3) is 0 Å². The maximum Gasteiger partial charge on any atom is 0.0457 e. The number of rotatable bonds is 7. The van der Waals surface area contributed by atoms with Gasteiger partial charge in [-0.15, -0.1) is 11.3 Å². The average Bonchev–Trinajstić information content (AvgIpc) is 2.63. The molecule has 17 heavy (non-hydrogen) atoms. The first-order valence-electron chi connectivity index (χ1n) is 6.26. The van der Waals surface area contributed by atoms with Gasteiger partial charge in [0, 0.05) is 35.0 Å². The van der Waals surface area contributed by atoms with Crippen molar-refractivity contribution in [3.05, 3.63) is 21.4 Å². The van der Waals surface area contributed by atoms with E-state index in [4.69, 9.17) is 10.8 Å².